The number of ketones is 2. The largest absolute Gasteiger partial charge is 0.454 e. The zero-order valence-corrected chi connectivity index (χ0v) is 15.8. The Balaban J connectivity index is 1.66. The van der Waals surface area contributed by atoms with Gasteiger partial charge in [0.25, 0.3) is 0 Å². The number of carbonyl (C=O) groups is 3. The van der Waals surface area contributed by atoms with Gasteiger partial charge < -0.3 is 9.47 Å². The number of hydrogen-bond donors (Lipinski definition) is 0. The summed E-state index contributed by atoms with van der Waals surface area (Å²) in [5.41, 5.74) is -1.51. The summed E-state index contributed by atoms with van der Waals surface area (Å²) < 4.78 is 11.4. The van der Waals surface area contributed by atoms with Crippen molar-refractivity contribution in [2.75, 3.05) is 0 Å². The van der Waals surface area contributed by atoms with Gasteiger partial charge in [-0.1, -0.05) is 27.7 Å². The lowest BCUT2D eigenvalue weighted by atomic mass is 9.44. The summed E-state index contributed by atoms with van der Waals surface area (Å²) in [5.74, 6) is 0.0413. The molecule has 0 aromatic rings. The van der Waals surface area contributed by atoms with Crippen LogP contribution in [0.3, 0.4) is 0 Å². The van der Waals surface area contributed by atoms with Crippen LogP contribution in [0, 0.1) is 28.6 Å². The highest BCUT2D eigenvalue weighted by molar-refractivity contribution is 5.99. The summed E-state index contributed by atoms with van der Waals surface area (Å²) in [6.07, 6.45) is 1.33. The first-order chi connectivity index (χ1) is 11.5. The Labute approximate surface area is 148 Å². The van der Waals surface area contributed by atoms with Crippen LogP contribution < -0.4 is 0 Å². The van der Waals surface area contributed by atoms with E-state index in [1.54, 1.807) is 6.92 Å². The van der Waals surface area contributed by atoms with Gasteiger partial charge in [0.05, 0.1) is 6.10 Å². The normalized spacial score (nSPS) is 46.6. The molecule has 0 aromatic heterocycles. The highest BCUT2D eigenvalue weighted by Crippen LogP contribution is 2.74. The van der Waals surface area contributed by atoms with Gasteiger partial charge in [0.2, 0.25) is 5.78 Å². The number of ether oxygens (including phenoxy) is 2. The first kappa shape index (κ1) is 17.2. The first-order valence-corrected chi connectivity index (χ1v) is 9.49. The minimum absolute atomic E-state index is 0.136. The van der Waals surface area contributed by atoms with Crippen LogP contribution in [0.2, 0.25) is 0 Å². The molecule has 6 atom stereocenters. The number of rotatable bonds is 4. The second kappa shape index (κ2) is 4.93. The van der Waals surface area contributed by atoms with Gasteiger partial charge in [-0.2, -0.15) is 0 Å². The van der Waals surface area contributed by atoms with Crippen molar-refractivity contribution in [1.82, 2.24) is 0 Å². The van der Waals surface area contributed by atoms with Gasteiger partial charge >= 0.3 is 5.97 Å². The van der Waals surface area contributed by atoms with E-state index in [9.17, 15) is 14.4 Å². The molecule has 5 aliphatic rings. The van der Waals surface area contributed by atoms with E-state index in [4.69, 9.17) is 9.47 Å². The lowest BCUT2D eigenvalue weighted by Gasteiger charge is -2.58. The van der Waals surface area contributed by atoms with E-state index >= 15 is 0 Å². The number of fused-ring (bicyclic) bond motifs is 2. The Kier molecular flexibility index (Phi) is 3.39. The molecule has 4 aliphatic carbocycles. The summed E-state index contributed by atoms with van der Waals surface area (Å²) in [6.45, 7) is 9.93. The van der Waals surface area contributed by atoms with Crippen LogP contribution >= 0.6 is 0 Å². The van der Waals surface area contributed by atoms with Crippen LogP contribution in [-0.4, -0.2) is 35.3 Å². The quantitative estimate of drug-likeness (QED) is 0.577. The number of esters is 1. The number of Topliss-reactive ketones (excluding diaryl/α,β-unsaturated/α-hetero) is 2. The van der Waals surface area contributed by atoms with Gasteiger partial charge in [-0.3, -0.25) is 14.4 Å². The molecule has 25 heavy (non-hydrogen) atoms. The SMILES string of the molecule is CC(C)CC(=O)O[C@@H]1C(=O)[C@@]2(C)O[C@H]2C[C@H]1[C@]12C[C@H](CC1=O)C2(C)C. The molecule has 2 bridgehead atoms. The maximum atomic E-state index is 13.0. The van der Waals surface area contributed by atoms with Crippen LogP contribution in [-0.2, 0) is 23.9 Å². The molecule has 1 saturated heterocycles. The van der Waals surface area contributed by atoms with E-state index in [1.807, 2.05) is 13.8 Å². The van der Waals surface area contributed by atoms with Gasteiger partial charge in [0, 0.05) is 24.2 Å². The van der Waals surface area contributed by atoms with E-state index in [-0.39, 0.29) is 47.3 Å². The number of hydrogen-bond acceptors (Lipinski definition) is 5. The highest BCUT2D eigenvalue weighted by Gasteiger charge is 2.78. The average Bonchev–Trinajstić information content (AvgIpc) is 2.95. The molecule has 0 aromatic carbocycles. The molecular formula is C20H28O5. The second-order valence-electron chi connectivity index (χ2n) is 9.65. The third-order valence-corrected chi connectivity index (χ3v) is 7.66. The van der Waals surface area contributed by atoms with Crippen LogP contribution in [0.15, 0.2) is 0 Å². The smallest absolute Gasteiger partial charge is 0.306 e. The van der Waals surface area contributed by atoms with E-state index in [0.717, 1.165) is 6.42 Å². The Morgan fingerprint density at radius 1 is 1.28 bits per heavy atom. The minimum Gasteiger partial charge on any atom is -0.454 e. The summed E-state index contributed by atoms with van der Waals surface area (Å²) >= 11 is 0. The van der Waals surface area contributed by atoms with E-state index in [1.165, 1.54) is 0 Å². The van der Waals surface area contributed by atoms with Crippen LogP contribution in [0.4, 0.5) is 0 Å². The molecule has 5 fully saturated rings. The van der Waals surface area contributed by atoms with Crippen molar-refractivity contribution in [1.29, 1.82) is 0 Å². The maximum absolute atomic E-state index is 13.0. The fourth-order valence-corrected chi connectivity index (χ4v) is 5.87. The Morgan fingerprint density at radius 2 is 1.96 bits per heavy atom. The molecule has 1 aliphatic heterocycles. The van der Waals surface area contributed by atoms with Crippen LogP contribution in [0.1, 0.15) is 60.3 Å². The lowest BCUT2D eigenvalue weighted by Crippen LogP contribution is -2.62. The van der Waals surface area contributed by atoms with Crippen molar-refractivity contribution in [2.24, 2.45) is 28.6 Å². The average molecular weight is 348 g/mol. The molecule has 4 saturated carbocycles. The predicted octanol–water partition coefficient (Wildman–Crippen LogP) is 2.70. The topological polar surface area (TPSA) is 73.0 Å². The van der Waals surface area contributed by atoms with Gasteiger partial charge in [-0.25, -0.2) is 0 Å². The van der Waals surface area contributed by atoms with E-state index < -0.39 is 17.1 Å². The molecule has 5 nitrogen and oxygen atoms in total. The summed E-state index contributed by atoms with van der Waals surface area (Å²) in [6, 6.07) is 0. The standard InChI is InChI=1S/C20H28O5/c1-10(2)6-15(22)24-16-12(8-14-19(5,25-14)17(16)23)20-9-11(7-13(20)21)18(20,3)4/h10-12,14,16H,6-9H2,1-5H3/t11-,12+,14-,16-,19-,20+/m0/s1. The molecule has 1 heterocycles. The summed E-state index contributed by atoms with van der Waals surface area (Å²) in [7, 11) is 0. The predicted molar refractivity (Wildman–Crippen MR) is 89.7 cm³/mol. The van der Waals surface area contributed by atoms with Crippen molar-refractivity contribution in [3.8, 4) is 0 Å². The van der Waals surface area contributed by atoms with E-state index in [0.29, 0.717) is 18.8 Å². The first-order valence-electron chi connectivity index (χ1n) is 9.49. The lowest BCUT2D eigenvalue weighted by molar-refractivity contribution is -0.184. The molecule has 0 unspecified atom stereocenters. The molecule has 138 valence electrons. The van der Waals surface area contributed by atoms with E-state index in [2.05, 4.69) is 13.8 Å². The number of epoxide rings is 1. The van der Waals surface area contributed by atoms with Crippen molar-refractivity contribution < 1.29 is 23.9 Å². The monoisotopic (exact) mass is 348 g/mol. The van der Waals surface area contributed by atoms with Gasteiger partial charge in [-0.05, 0) is 37.0 Å². The van der Waals surface area contributed by atoms with Crippen LogP contribution in [0.5, 0.6) is 0 Å². The molecule has 0 amide bonds. The van der Waals surface area contributed by atoms with Crippen molar-refractivity contribution in [3.05, 3.63) is 0 Å². The van der Waals surface area contributed by atoms with Gasteiger partial charge in [-0.15, -0.1) is 0 Å². The summed E-state index contributed by atoms with van der Waals surface area (Å²) in [5, 5.41) is 0. The van der Waals surface area contributed by atoms with Crippen molar-refractivity contribution in [3.63, 3.8) is 0 Å². The van der Waals surface area contributed by atoms with Gasteiger partial charge in [0.1, 0.15) is 5.78 Å². The minimum atomic E-state index is -0.850. The molecule has 0 N–H and O–H groups in total. The molecule has 0 spiro atoms. The zero-order valence-electron chi connectivity index (χ0n) is 15.8. The fraction of sp³-hybridized carbons (Fsp3) is 0.850. The molecule has 0 radical (unpaired) electrons. The zero-order chi connectivity index (χ0) is 18.4. The van der Waals surface area contributed by atoms with Crippen molar-refractivity contribution >= 4 is 17.5 Å². The Hall–Kier alpha value is -1.23. The van der Waals surface area contributed by atoms with Crippen molar-refractivity contribution in [2.45, 2.75) is 78.1 Å². The Bertz CT molecular complexity index is 665. The molecule has 5 heteroatoms. The molecule has 5 rings (SSSR count). The molecular weight excluding hydrogens is 320 g/mol. The summed E-state index contributed by atoms with van der Waals surface area (Å²) in [4.78, 5) is 38.2. The number of carbonyl (C=O) groups excluding carboxylic acids is 3. The fourth-order valence-electron chi connectivity index (χ4n) is 5.87. The maximum Gasteiger partial charge on any atom is 0.306 e. The second-order valence-corrected chi connectivity index (χ2v) is 9.65. The van der Waals surface area contributed by atoms with Gasteiger partial charge in [0.15, 0.2) is 11.7 Å². The third kappa shape index (κ3) is 2.02. The Morgan fingerprint density at radius 3 is 2.48 bits per heavy atom. The van der Waals surface area contributed by atoms with Crippen LogP contribution in [0.25, 0.3) is 0 Å². The highest BCUT2D eigenvalue weighted by atomic mass is 16.6. The third-order valence-electron chi connectivity index (χ3n) is 7.66.